The Bertz CT molecular complexity index is 1720. The fourth-order valence-electron chi connectivity index (χ4n) is 4.81. The van der Waals surface area contributed by atoms with E-state index in [-0.39, 0.29) is 12.0 Å². The van der Waals surface area contributed by atoms with Crippen LogP contribution in [0.3, 0.4) is 0 Å². The zero-order valence-electron chi connectivity index (χ0n) is 23.8. The maximum absolute atomic E-state index is 13.2. The first kappa shape index (κ1) is 29.1. The summed E-state index contributed by atoms with van der Waals surface area (Å²) in [6.07, 6.45) is 1.54. The molecule has 1 aromatic heterocycles. The van der Waals surface area contributed by atoms with E-state index in [1.807, 2.05) is 93.6 Å². The molecule has 0 aliphatic carbocycles. The standard InChI is InChI=1S/C30H35N7O4S/c1-30(2,3)26-19-27(33-29(39)32-24-15-10-13-21-11-4-6-14-23(21)24)37(34-26)25-16-7-5-12-22(25)20-31-28(38)35-42(40,41)36-17-8-9-18-36/h4-7,10-16,19H,8-9,17-18,20H2,1-3H3,(H2,31,35,38)(H2,32,33,39). The van der Waals surface area contributed by atoms with Crippen molar-refractivity contribution in [2.45, 2.75) is 45.6 Å². The van der Waals surface area contributed by atoms with Gasteiger partial charge in [-0.1, -0.05) is 75.4 Å². The van der Waals surface area contributed by atoms with Gasteiger partial charge in [0.1, 0.15) is 5.82 Å². The largest absolute Gasteiger partial charge is 0.333 e. The van der Waals surface area contributed by atoms with Crippen LogP contribution in [0.1, 0.15) is 44.9 Å². The number of fused-ring (bicyclic) bond motifs is 1. The summed E-state index contributed by atoms with van der Waals surface area (Å²) in [6, 6.07) is 21.3. The van der Waals surface area contributed by atoms with E-state index < -0.39 is 22.3 Å². The number of para-hydroxylation sites is 1. The lowest BCUT2D eigenvalue weighted by Gasteiger charge is -2.17. The van der Waals surface area contributed by atoms with Gasteiger partial charge in [0.2, 0.25) is 0 Å². The summed E-state index contributed by atoms with van der Waals surface area (Å²) < 4.78 is 29.9. The molecule has 0 atom stereocenters. The first-order chi connectivity index (χ1) is 20.0. The number of anilines is 2. The second-order valence-electron chi connectivity index (χ2n) is 11.2. The van der Waals surface area contributed by atoms with E-state index in [1.165, 1.54) is 4.31 Å². The number of hydrogen-bond acceptors (Lipinski definition) is 5. The van der Waals surface area contributed by atoms with E-state index in [2.05, 4.69) is 20.7 Å². The van der Waals surface area contributed by atoms with Gasteiger partial charge in [-0.2, -0.15) is 17.8 Å². The average Bonchev–Trinajstić information content (AvgIpc) is 3.64. The Kier molecular flexibility index (Phi) is 8.19. The molecule has 5 rings (SSSR count). The van der Waals surface area contributed by atoms with Gasteiger partial charge in [0, 0.05) is 36.5 Å². The molecule has 0 bridgehead atoms. The molecule has 3 aromatic carbocycles. The summed E-state index contributed by atoms with van der Waals surface area (Å²) in [6.45, 7) is 6.90. The molecular weight excluding hydrogens is 554 g/mol. The Morgan fingerprint density at radius 3 is 2.33 bits per heavy atom. The molecule has 0 unspecified atom stereocenters. The molecule has 42 heavy (non-hydrogen) atoms. The maximum atomic E-state index is 13.2. The Morgan fingerprint density at radius 1 is 0.881 bits per heavy atom. The van der Waals surface area contributed by atoms with Crippen molar-refractivity contribution in [2.24, 2.45) is 0 Å². The average molecular weight is 590 g/mol. The Morgan fingerprint density at radius 2 is 1.57 bits per heavy atom. The fraction of sp³-hybridized carbons (Fsp3) is 0.300. The lowest BCUT2D eigenvalue weighted by molar-refractivity contribution is 0.244. The third kappa shape index (κ3) is 6.55. The minimum Gasteiger partial charge on any atom is -0.333 e. The van der Waals surface area contributed by atoms with Crippen molar-refractivity contribution in [3.8, 4) is 5.69 Å². The second kappa shape index (κ2) is 11.8. The molecule has 1 saturated heterocycles. The molecule has 0 saturated carbocycles. The van der Waals surface area contributed by atoms with Gasteiger partial charge in [-0.05, 0) is 35.9 Å². The van der Waals surface area contributed by atoms with Crippen molar-refractivity contribution in [2.75, 3.05) is 23.7 Å². The number of aromatic nitrogens is 2. The highest BCUT2D eigenvalue weighted by Gasteiger charge is 2.27. The van der Waals surface area contributed by atoms with Gasteiger partial charge in [0.15, 0.2) is 0 Å². The van der Waals surface area contributed by atoms with Gasteiger partial charge >= 0.3 is 22.3 Å². The van der Waals surface area contributed by atoms with Crippen molar-refractivity contribution in [3.63, 3.8) is 0 Å². The molecule has 12 heteroatoms. The first-order valence-electron chi connectivity index (χ1n) is 13.8. The fourth-order valence-corrected chi connectivity index (χ4v) is 5.99. The van der Waals surface area contributed by atoms with Crippen LogP contribution in [-0.2, 0) is 22.2 Å². The van der Waals surface area contributed by atoms with Crippen LogP contribution in [0.4, 0.5) is 21.1 Å². The summed E-state index contributed by atoms with van der Waals surface area (Å²) in [7, 11) is -3.90. The van der Waals surface area contributed by atoms with Crippen LogP contribution in [0, 0.1) is 0 Å². The molecule has 4 N–H and O–H groups in total. The molecule has 4 aromatic rings. The van der Waals surface area contributed by atoms with Crippen molar-refractivity contribution in [1.29, 1.82) is 0 Å². The highest BCUT2D eigenvalue weighted by molar-refractivity contribution is 7.87. The number of amides is 4. The summed E-state index contributed by atoms with van der Waals surface area (Å²) in [4.78, 5) is 25.8. The lowest BCUT2D eigenvalue weighted by Crippen LogP contribution is -2.46. The molecule has 4 amide bonds. The third-order valence-electron chi connectivity index (χ3n) is 7.04. The quantitative estimate of drug-likeness (QED) is 0.238. The van der Waals surface area contributed by atoms with Crippen LogP contribution in [0.25, 0.3) is 16.5 Å². The number of carbonyl (C=O) groups excluding carboxylic acids is 2. The molecule has 1 aliphatic rings. The minimum absolute atomic E-state index is 0.0316. The summed E-state index contributed by atoms with van der Waals surface area (Å²) in [5.74, 6) is 0.436. The SMILES string of the molecule is CC(C)(C)c1cc(NC(=O)Nc2cccc3ccccc23)n(-c2ccccc2CNC(=O)NS(=O)(=O)N2CCCC2)n1. The van der Waals surface area contributed by atoms with E-state index in [9.17, 15) is 18.0 Å². The van der Waals surface area contributed by atoms with Gasteiger partial charge in [-0.3, -0.25) is 5.32 Å². The molecule has 11 nitrogen and oxygen atoms in total. The molecule has 2 heterocycles. The van der Waals surface area contributed by atoms with Gasteiger partial charge in [0.05, 0.1) is 17.1 Å². The predicted octanol–water partition coefficient (Wildman–Crippen LogP) is 5.11. The Labute approximate surface area is 245 Å². The van der Waals surface area contributed by atoms with E-state index in [4.69, 9.17) is 5.10 Å². The highest BCUT2D eigenvalue weighted by Crippen LogP contribution is 2.28. The summed E-state index contributed by atoms with van der Waals surface area (Å²) in [5, 5.41) is 15.2. The lowest BCUT2D eigenvalue weighted by atomic mass is 9.92. The van der Waals surface area contributed by atoms with Gasteiger partial charge in [0.25, 0.3) is 0 Å². The van der Waals surface area contributed by atoms with E-state index in [0.29, 0.717) is 35.8 Å². The first-order valence-corrected chi connectivity index (χ1v) is 15.3. The highest BCUT2D eigenvalue weighted by atomic mass is 32.2. The van der Waals surface area contributed by atoms with Crippen LogP contribution in [0.5, 0.6) is 0 Å². The molecule has 0 radical (unpaired) electrons. The number of hydrogen-bond donors (Lipinski definition) is 4. The zero-order valence-corrected chi connectivity index (χ0v) is 24.7. The van der Waals surface area contributed by atoms with Crippen molar-refractivity contribution >= 4 is 44.5 Å². The molecule has 1 aliphatic heterocycles. The van der Waals surface area contributed by atoms with Gasteiger partial charge in [-0.15, -0.1) is 0 Å². The molecule has 220 valence electrons. The second-order valence-corrected chi connectivity index (χ2v) is 12.9. The maximum Gasteiger partial charge on any atom is 0.329 e. The molecule has 1 fully saturated rings. The minimum atomic E-state index is -3.90. The van der Waals surface area contributed by atoms with E-state index in [1.54, 1.807) is 4.68 Å². The number of rotatable bonds is 7. The smallest absolute Gasteiger partial charge is 0.329 e. The Hall–Kier alpha value is -4.42. The number of nitrogens with zero attached hydrogens (tertiary/aromatic N) is 3. The van der Waals surface area contributed by atoms with Gasteiger partial charge in [-0.25, -0.2) is 19.0 Å². The number of urea groups is 2. The van der Waals surface area contributed by atoms with Crippen LogP contribution < -0.4 is 20.7 Å². The van der Waals surface area contributed by atoms with Crippen molar-refractivity contribution in [1.82, 2.24) is 24.1 Å². The van der Waals surface area contributed by atoms with Crippen LogP contribution in [0.15, 0.2) is 72.8 Å². The van der Waals surface area contributed by atoms with Crippen LogP contribution >= 0.6 is 0 Å². The van der Waals surface area contributed by atoms with Crippen molar-refractivity contribution in [3.05, 3.63) is 84.1 Å². The van der Waals surface area contributed by atoms with Crippen LogP contribution in [0.2, 0.25) is 0 Å². The molecule has 0 spiro atoms. The normalized spacial score (nSPS) is 14.1. The number of carbonyl (C=O) groups is 2. The van der Waals surface area contributed by atoms with Crippen molar-refractivity contribution < 1.29 is 18.0 Å². The molecular formula is C30H35N7O4S. The monoisotopic (exact) mass is 589 g/mol. The third-order valence-corrected chi connectivity index (χ3v) is 8.53. The topological polar surface area (TPSA) is 137 Å². The number of nitrogens with one attached hydrogen (secondary N) is 4. The summed E-state index contributed by atoms with van der Waals surface area (Å²) >= 11 is 0. The van der Waals surface area contributed by atoms with E-state index >= 15 is 0 Å². The summed E-state index contributed by atoms with van der Waals surface area (Å²) in [5.41, 5.74) is 2.40. The predicted molar refractivity (Wildman–Crippen MR) is 164 cm³/mol. The zero-order chi connectivity index (χ0) is 29.9. The van der Waals surface area contributed by atoms with Gasteiger partial charge < -0.3 is 10.6 Å². The Balaban J connectivity index is 1.37. The number of benzene rings is 3. The van der Waals surface area contributed by atoms with E-state index in [0.717, 1.165) is 29.3 Å². The van der Waals surface area contributed by atoms with Crippen LogP contribution in [-0.4, -0.2) is 47.7 Å².